The van der Waals surface area contributed by atoms with E-state index in [0.717, 1.165) is 25.3 Å². The van der Waals surface area contributed by atoms with Gasteiger partial charge in [-0.1, -0.05) is 0 Å². The van der Waals surface area contributed by atoms with Crippen LogP contribution in [0.15, 0.2) is 24.8 Å². The lowest BCUT2D eigenvalue weighted by Gasteiger charge is -2.09. The lowest BCUT2D eigenvalue weighted by Crippen LogP contribution is -2.13. The van der Waals surface area contributed by atoms with Crippen LogP contribution in [-0.4, -0.2) is 33.2 Å². The SMILES string of the molecule is COCc1nc(NN)cc(NCCCn2ccnc2)n1. The van der Waals surface area contributed by atoms with Gasteiger partial charge < -0.3 is 20.0 Å². The van der Waals surface area contributed by atoms with Gasteiger partial charge in [0.05, 0.1) is 6.33 Å². The minimum atomic E-state index is 0.346. The van der Waals surface area contributed by atoms with Crippen molar-refractivity contribution >= 4 is 11.6 Å². The molecule has 108 valence electrons. The summed E-state index contributed by atoms with van der Waals surface area (Å²) in [5, 5.41) is 3.24. The number of nitrogen functional groups attached to an aromatic ring is 1. The Morgan fingerprint density at radius 1 is 1.35 bits per heavy atom. The highest BCUT2D eigenvalue weighted by molar-refractivity contribution is 5.46. The summed E-state index contributed by atoms with van der Waals surface area (Å²) in [5.41, 5.74) is 2.52. The minimum Gasteiger partial charge on any atom is -0.377 e. The number of rotatable bonds is 8. The topological polar surface area (TPSA) is 103 Å². The van der Waals surface area contributed by atoms with E-state index in [2.05, 4.69) is 25.7 Å². The van der Waals surface area contributed by atoms with Crippen molar-refractivity contribution in [2.75, 3.05) is 24.4 Å². The number of hydrazine groups is 1. The maximum Gasteiger partial charge on any atom is 0.158 e. The summed E-state index contributed by atoms with van der Waals surface area (Å²) in [6.45, 7) is 2.05. The first-order valence-corrected chi connectivity index (χ1v) is 6.35. The van der Waals surface area contributed by atoms with Gasteiger partial charge in [-0.25, -0.2) is 20.8 Å². The molecule has 2 rings (SSSR count). The van der Waals surface area contributed by atoms with Crippen LogP contribution in [0.2, 0.25) is 0 Å². The molecule has 2 aromatic rings. The van der Waals surface area contributed by atoms with Crippen molar-refractivity contribution in [2.45, 2.75) is 19.6 Å². The Kier molecular flexibility index (Phi) is 5.27. The maximum absolute atomic E-state index is 5.38. The number of nitrogens with one attached hydrogen (secondary N) is 2. The second-order valence-corrected chi connectivity index (χ2v) is 4.21. The molecular weight excluding hydrogens is 258 g/mol. The Bertz CT molecular complexity index is 515. The summed E-state index contributed by atoms with van der Waals surface area (Å²) in [6.07, 6.45) is 6.48. The molecule has 0 saturated carbocycles. The molecule has 0 saturated heterocycles. The monoisotopic (exact) mass is 277 g/mol. The van der Waals surface area contributed by atoms with Crippen molar-refractivity contribution in [2.24, 2.45) is 5.84 Å². The zero-order valence-electron chi connectivity index (χ0n) is 11.4. The minimum absolute atomic E-state index is 0.346. The first kappa shape index (κ1) is 14.2. The Balaban J connectivity index is 1.86. The fourth-order valence-corrected chi connectivity index (χ4v) is 1.75. The number of aromatic nitrogens is 4. The van der Waals surface area contributed by atoms with Crippen LogP contribution in [0.1, 0.15) is 12.2 Å². The van der Waals surface area contributed by atoms with E-state index in [0.29, 0.717) is 18.2 Å². The average molecular weight is 277 g/mol. The smallest absolute Gasteiger partial charge is 0.158 e. The van der Waals surface area contributed by atoms with Crippen molar-refractivity contribution < 1.29 is 4.74 Å². The molecule has 0 fully saturated rings. The van der Waals surface area contributed by atoms with Gasteiger partial charge in [0.2, 0.25) is 0 Å². The summed E-state index contributed by atoms with van der Waals surface area (Å²) in [6, 6.07) is 1.76. The quantitative estimate of drug-likeness (QED) is 0.369. The van der Waals surface area contributed by atoms with Crippen molar-refractivity contribution in [1.82, 2.24) is 19.5 Å². The van der Waals surface area contributed by atoms with Crippen molar-refractivity contribution in [3.05, 3.63) is 30.6 Å². The Hall–Kier alpha value is -2.19. The third-order valence-corrected chi connectivity index (χ3v) is 2.65. The molecule has 0 radical (unpaired) electrons. The number of imidazole rings is 1. The van der Waals surface area contributed by atoms with Gasteiger partial charge in [0, 0.05) is 38.7 Å². The summed E-state index contributed by atoms with van der Waals surface area (Å²) in [5.74, 6) is 7.25. The van der Waals surface area contributed by atoms with Crippen molar-refractivity contribution in [1.29, 1.82) is 0 Å². The van der Waals surface area contributed by atoms with Crippen LogP contribution >= 0.6 is 0 Å². The van der Waals surface area contributed by atoms with Crippen molar-refractivity contribution in [3.8, 4) is 0 Å². The first-order valence-electron chi connectivity index (χ1n) is 6.35. The number of hydrogen-bond acceptors (Lipinski definition) is 7. The third-order valence-electron chi connectivity index (χ3n) is 2.65. The molecule has 0 aliphatic carbocycles. The maximum atomic E-state index is 5.38. The molecule has 0 aromatic carbocycles. The molecular formula is C12H19N7O. The van der Waals surface area contributed by atoms with Crippen LogP contribution in [0.4, 0.5) is 11.6 Å². The molecule has 0 spiro atoms. The second kappa shape index (κ2) is 7.41. The second-order valence-electron chi connectivity index (χ2n) is 4.21. The van der Waals surface area contributed by atoms with E-state index in [1.807, 2.05) is 10.8 Å². The number of anilines is 2. The van der Waals surface area contributed by atoms with Crippen LogP contribution < -0.4 is 16.6 Å². The zero-order chi connectivity index (χ0) is 14.2. The highest BCUT2D eigenvalue weighted by Crippen LogP contribution is 2.11. The van der Waals surface area contributed by atoms with E-state index in [-0.39, 0.29) is 0 Å². The normalized spacial score (nSPS) is 10.5. The number of ether oxygens (including phenoxy) is 1. The number of hydrogen-bond donors (Lipinski definition) is 3. The molecule has 2 heterocycles. The van der Waals surface area contributed by atoms with E-state index in [4.69, 9.17) is 10.6 Å². The third kappa shape index (κ3) is 4.18. The predicted octanol–water partition coefficient (Wildman–Crippen LogP) is 0.607. The highest BCUT2D eigenvalue weighted by Gasteiger charge is 2.03. The van der Waals surface area contributed by atoms with Gasteiger partial charge in [-0.2, -0.15) is 0 Å². The number of nitrogens with zero attached hydrogens (tertiary/aromatic N) is 4. The Labute approximate surface area is 117 Å². The van der Waals surface area contributed by atoms with Gasteiger partial charge in [-0.05, 0) is 6.42 Å². The Morgan fingerprint density at radius 2 is 2.20 bits per heavy atom. The standard InChI is InChI=1S/C12H19N7O/c1-20-8-12-16-10(7-11(17-12)18-13)15-3-2-5-19-6-4-14-9-19/h4,6-7,9H,2-3,5,8,13H2,1H3,(H2,15,16,17,18). The molecule has 0 amide bonds. The number of aryl methyl sites for hydroxylation is 1. The van der Waals surface area contributed by atoms with E-state index < -0.39 is 0 Å². The average Bonchev–Trinajstić information content (AvgIpc) is 2.97. The van der Waals surface area contributed by atoms with Gasteiger partial charge in [0.15, 0.2) is 5.82 Å². The number of nitrogens with two attached hydrogens (primary N) is 1. The summed E-state index contributed by atoms with van der Waals surface area (Å²) in [7, 11) is 1.60. The van der Waals surface area contributed by atoms with E-state index in [9.17, 15) is 0 Å². The lowest BCUT2D eigenvalue weighted by atomic mass is 10.4. The zero-order valence-corrected chi connectivity index (χ0v) is 11.4. The molecule has 8 heteroatoms. The largest absolute Gasteiger partial charge is 0.377 e. The fourth-order valence-electron chi connectivity index (χ4n) is 1.75. The molecule has 20 heavy (non-hydrogen) atoms. The Morgan fingerprint density at radius 3 is 2.90 bits per heavy atom. The van der Waals surface area contributed by atoms with Gasteiger partial charge >= 0.3 is 0 Å². The molecule has 2 aromatic heterocycles. The van der Waals surface area contributed by atoms with Gasteiger partial charge in [0.1, 0.15) is 18.2 Å². The summed E-state index contributed by atoms with van der Waals surface area (Å²) >= 11 is 0. The number of methoxy groups -OCH3 is 1. The lowest BCUT2D eigenvalue weighted by molar-refractivity contribution is 0.178. The van der Waals surface area contributed by atoms with E-state index in [1.165, 1.54) is 0 Å². The van der Waals surface area contributed by atoms with Crippen LogP contribution in [0.25, 0.3) is 0 Å². The van der Waals surface area contributed by atoms with Crippen molar-refractivity contribution in [3.63, 3.8) is 0 Å². The van der Waals surface area contributed by atoms with Crippen LogP contribution in [0, 0.1) is 0 Å². The molecule has 8 nitrogen and oxygen atoms in total. The molecule has 0 bridgehead atoms. The van der Waals surface area contributed by atoms with Crippen LogP contribution in [0.5, 0.6) is 0 Å². The van der Waals surface area contributed by atoms with Gasteiger partial charge in [0.25, 0.3) is 0 Å². The van der Waals surface area contributed by atoms with Crippen LogP contribution in [0.3, 0.4) is 0 Å². The highest BCUT2D eigenvalue weighted by atomic mass is 16.5. The van der Waals surface area contributed by atoms with E-state index >= 15 is 0 Å². The van der Waals surface area contributed by atoms with Gasteiger partial charge in [-0.3, -0.25) is 0 Å². The predicted molar refractivity (Wildman–Crippen MR) is 75.9 cm³/mol. The molecule has 0 unspecified atom stereocenters. The summed E-state index contributed by atoms with van der Waals surface area (Å²) < 4.78 is 7.06. The summed E-state index contributed by atoms with van der Waals surface area (Å²) in [4.78, 5) is 12.5. The van der Waals surface area contributed by atoms with E-state index in [1.54, 1.807) is 25.7 Å². The fraction of sp³-hybridized carbons (Fsp3) is 0.417. The van der Waals surface area contributed by atoms with Crippen LogP contribution in [-0.2, 0) is 17.9 Å². The molecule has 0 aliphatic rings. The molecule has 4 N–H and O–H groups in total. The van der Waals surface area contributed by atoms with Gasteiger partial charge in [-0.15, -0.1) is 0 Å². The molecule has 0 atom stereocenters. The first-order chi connectivity index (χ1) is 9.81. The molecule has 0 aliphatic heterocycles.